The molecule has 2 saturated heterocycles. The van der Waals surface area contributed by atoms with Crippen LogP contribution in [-0.4, -0.2) is 129 Å². The Kier molecular flexibility index (Phi) is 14.4. The fourth-order valence-electron chi connectivity index (χ4n) is 10.0. The SMILES string of the molecule is C=CC(=O)N1CC[C@H](C(=O)N(C)[C@H](C(=O)N[C@H]2Cc3cc(O)cc(c3)-c3ccc4c(c3)c(c(-c3cncc(CN(C)C)c3)n4CC)CC(C)(C)COC(=O)[C@@H]3CCCN(N3)C2=O)C(C)C)C1. The van der Waals surface area contributed by atoms with Gasteiger partial charge in [-0.3, -0.25) is 34.0 Å². The number of carbonyl (C=O) groups is 5. The number of likely N-dealkylation sites (tertiary alicyclic amines) is 1. The van der Waals surface area contributed by atoms with Gasteiger partial charge in [0.25, 0.3) is 5.91 Å². The van der Waals surface area contributed by atoms with E-state index in [-0.39, 0.29) is 49.6 Å². The highest BCUT2D eigenvalue weighted by molar-refractivity contribution is 5.96. The van der Waals surface area contributed by atoms with E-state index in [1.165, 1.54) is 16.0 Å². The number of carbonyl (C=O) groups excluding carboxylic acids is 5. The normalized spacial score (nSPS) is 20.5. The molecular weight excluding hydrogens is 837 g/mol. The topological polar surface area (TPSA) is 170 Å². The number of hydrazine groups is 1. The number of ether oxygens (including phenoxy) is 1. The van der Waals surface area contributed by atoms with Crippen LogP contribution in [0.1, 0.15) is 70.6 Å². The number of esters is 1. The van der Waals surface area contributed by atoms with E-state index >= 15 is 0 Å². The van der Waals surface area contributed by atoms with Gasteiger partial charge < -0.3 is 34.4 Å². The number of pyridine rings is 1. The van der Waals surface area contributed by atoms with Crippen LogP contribution < -0.4 is 10.7 Å². The van der Waals surface area contributed by atoms with Crippen molar-refractivity contribution in [2.24, 2.45) is 17.3 Å². The molecule has 5 heterocycles. The Bertz CT molecular complexity index is 2510. The molecular formula is C51H66N8O7. The zero-order valence-electron chi connectivity index (χ0n) is 39.7. The van der Waals surface area contributed by atoms with Crippen molar-refractivity contribution in [3.8, 4) is 28.1 Å². The largest absolute Gasteiger partial charge is 0.508 e. The molecule has 6 bridgehead atoms. The molecule has 4 atom stereocenters. The third-order valence-electron chi connectivity index (χ3n) is 13.1. The minimum Gasteiger partial charge on any atom is -0.508 e. The second-order valence-electron chi connectivity index (χ2n) is 19.7. The van der Waals surface area contributed by atoms with Gasteiger partial charge in [0.2, 0.25) is 17.7 Å². The van der Waals surface area contributed by atoms with Gasteiger partial charge in [-0.25, -0.2) is 5.43 Å². The van der Waals surface area contributed by atoms with Crippen molar-refractivity contribution in [1.29, 1.82) is 0 Å². The van der Waals surface area contributed by atoms with Crippen LogP contribution >= 0.6 is 0 Å². The van der Waals surface area contributed by atoms with E-state index in [1.54, 1.807) is 24.1 Å². The molecule has 7 rings (SSSR count). The van der Waals surface area contributed by atoms with Gasteiger partial charge in [0, 0.05) is 80.5 Å². The van der Waals surface area contributed by atoms with Crippen LogP contribution in [0, 0.1) is 17.3 Å². The van der Waals surface area contributed by atoms with Crippen molar-refractivity contribution in [2.45, 2.75) is 97.9 Å². The summed E-state index contributed by atoms with van der Waals surface area (Å²) in [6.45, 7) is 16.0. The third kappa shape index (κ3) is 10.3. The number of hydrogen-bond donors (Lipinski definition) is 3. The maximum Gasteiger partial charge on any atom is 0.324 e. The van der Waals surface area contributed by atoms with Crippen LogP contribution in [-0.2, 0) is 54.6 Å². The lowest BCUT2D eigenvalue weighted by atomic mass is 9.84. The van der Waals surface area contributed by atoms with Crippen LogP contribution in [0.2, 0.25) is 0 Å². The average molecular weight is 903 g/mol. The van der Waals surface area contributed by atoms with Gasteiger partial charge in [-0.05, 0) is 117 Å². The first-order valence-corrected chi connectivity index (χ1v) is 23.2. The number of phenolic OH excluding ortho intramolecular Hbond substituents is 1. The van der Waals surface area contributed by atoms with E-state index in [4.69, 9.17) is 4.74 Å². The fourth-order valence-corrected chi connectivity index (χ4v) is 10.0. The lowest BCUT2D eigenvalue weighted by molar-refractivity contribution is -0.155. The lowest BCUT2D eigenvalue weighted by Crippen LogP contribution is -2.62. The summed E-state index contributed by atoms with van der Waals surface area (Å²) in [4.78, 5) is 79.1. The molecule has 0 spiro atoms. The molecule has 3 N–H and O–H groups in total. The Labute approximate surface area is 388 Å². The number of phenols is 1. The Morgan fingerprint density at radius 3 is 2.52 bits per heavy atom. The van der Waals surface area contributed by atoms with Gasteiger partial charge in [0.15, 0.2) is 0 Å². The van der Waals surface area contributed by atoms with E-state index in [9.17, 15) is 29.1 Å². The Balaban J connectivity index is 1.30. The summed E-state index contributed by atoms with van der Waals surface area (Å²) in [6, 6.07) is 10.8. The molecule has 0 radical (unpaired) electrons. The van der Waals surface area contributed by atoms with Crippen molar-refractivity contribution in [2.75, 3.05) is 47.4 Å². The van der Waals surface area contributed by atoms with Gasteiger partial charge in [0.05, 0.1) is 18.2 Å². The van der Waals surface area contributed by atoms with Crippen LogP contribution in [0.25, 0.3) is 33.3 Å². The summed E-state index contributed by atoms with van der Waals surface area (Å²) in [6.07, 6.45) is 7.02. The molecule has 0 unspecified atom stereocenters. The second-order valence-corrected chi connectivity index (χ2v) is 19.7. The number of likely N-dealkylation sites (N-methyl/N-ethyl adjacent to an activating group) is 1. The third-order valence-corrected chi connectivity index (χ3v) is 13.1. The smallest absolute Gasteiger partial charge is 0.324 e. The number of aromatic nitrogens is 2. The van der Waals surface area contributed by atoms with Crippen molar-refractivity contribution >= 4 is 40.5 Å². The predicted molar refractivity (Wildman–Crippen MR) is 254 cm³/mol. The van der Waals surface area contributed by atoms with Gasteiger partial charge in [-0.15, -0.1) is 0 Å². The molecule has 4 amide bonds. The number of cyclic esters (lactones) is 1. The van der Waals surface area contributed by atoms with E-state index in [1.807, 2.05) is 52.5 Å². The van der Waals surface area contributed by atoms with Crippen LogP contribution in [0.15, 0.2) is 67.5 Å². The van der Waals surface area contributed by atoms with Crippen LogP contribution in [0.5, 0.6) is 5.75 Å². The van der Waals surface area contributed by atoms with E-state index in [0.717, 1.165) is 51.0 Å². The summed E-state index contributed by atoms with van der Waals surface area (Å²) in [5.41, 5.74) is 10.0. The summed E-state index contributed by atoms with van der Waals surface area (Å²) in [5, 5.41) is 16.7. The second kappa shape index (κ2) is 19.8. The minimum absolute atomic E-state index is 0.00265. The summed E-state index contributed by atoms with van der Waals surface area (Å²) >= 11 is 0. The number of amides is 4. The van der Waals surface area contributed by atoms with Gasteiger partial charge >= 0.3 is 5.97 Å². The molecule has 3 aliphatic heterocycles. The molecule has 0 saturated carbocycles. The maximum absolute atomic E-state index is 14.7. The standard InChI is InChI=1S/C51H66N8O7/c1-10-44(61)57-18-16-35(29-57)48(63)56(9)45(31(3)4)47(62)53-42-22-32-19-36(23-38(60)21-32)34-14-15-43-39(24-34)40(46(58(43)11-2)37-20-33(26-52-27-37)28-55(7)8)25-51(5,6)30-66-50(65)41-13-12-17-59(54-41)49(42)64/h10,14-15,19-21,23-24,26-27,31,35,41-42,45,54,60H,1,11-13,16-18,22,25,28-30H2,2-9H3,(H,53,62)/t35-,41-,42-,45-/m0/s1. The van der Waals surface area contributed by atoms with Crippen molar-refractivity contribution in [1.82, 2.24) is 40.0 Å². The lowest BCUT2D eigenvalue weighted by Gasteiger charge is -2.37. The number of aromatic hydroxyl groups is 1. The van der Waals surface area contributed by atoms with Crippen LogP contribution in [0.4, 0.5) is 0 Å². The highest BCUT2D eigenvalue weighted by atomic mass is 16.5. The zero-order valence-corrected chi connectivity index (χ0v) is 39.7. The van der Waals surface area contributed by atoms with Crippen LogP contribution in [0.3, 0.4) is 0 Å². The summed E-state index contributed by atoms with van der Waals surface area (Å²) in [5.74, 6) is -2.82. The first-order valence-electron chi connectivity index (χ1n) is 23.2. The Morgan fingerprint density at radius 2 is 1.80 bits per heavy atom. The molecule has 66 heavy (non-hydrogen) atoms. The molecule has 15 nitrogen and oxygen atoms in total. The molecule has 2 aromatic carbocycles. The molecule has 2 aromatic heterocycles. The fraction of sp³-hybridized carbons (Fsp3) is 0.490. The summed E-state index contributed by atoms with van der Waals surface area (Å²) in [7, 11) is 5.65. The molecule has 3 aliphatic rings. The number of hydrogen-bond acceptors (Lipinski definition) is 10. The van der Waals surface area contributed by atoms with Crippen molar-refractivity contribution in [3.05, 3.63) is 84.2 Å². The van der Waals surface area contributed by atoms with Gasteiger partial charge in [0.1, 0.15) is 23.9 Å². The number of nitrogens with one attached hydrogen (secondary N) is 2. The molecule has 0 aliphatic carbocycles. The maximum atomic E-state index is 14.7. The first-order chi connectivity index (χ1) is 31.4. The number of aryl methyl sites for hydroxylation is 1. The van der Waals surface area contributed by atoms with Crippen molar-refractivity contribution in [3.63, 3.8) is 0 Å². The molecule has 4 aromatic rings. The monoisotopic (exact) mass is 903 g/mol. The van der Waals surface area contributed by atoms with Gasteiger partial charge in [-0.1, -0.05) is 46.4 Å². The Hall–Kier alpha value is -6.06. The molecule has 15 heteroatoms. The number of benzene rings is 2. The highest BCUT2D eigenvalue weighted by Crippen LogP contribution is 2.41. The summed E-state index contributed by atoms with van der Waals surface area (Å²) < 4.78 is 8.41. The number of nitrogens with zero attached hydrogens (tertiary/aromatic N) is 6. The average Bonchev–Trinajstić information content (AvgIpc) is 3.89. The van der Waals surface area contributed by atoms with Crippen molar-refractivity contribution < 1.29 is 33.8 Å². The van der Waals surface area contributed by atoms with Gasteiger partial charge in [-0.2, -0.15) is 0 Å². The molecule has 2 fully saturated rings. The van der Waals surface area contributed by atoms with E-state index in [2.05, 4.69) is 70.7 Å². The van der Waals surface area contributed by atoms with E-state index in [0.29, 0.717) is 44.3 Å². The number of rotatable bonds is 10. The minimum atomic E-state index is -1.16. The predicted octanol–water partition coefficient (Wildman–Crippen LogP) is 5.32. The first kappa shape index (κ1) is 47.9. The Morgan fingerprint density at radius 1 is 1.03 bits per heavy atom. The molecule has 352 valence electrons. The number of fused-ring (bicyclic) bond motifs is 6. The highest BCUT2D eigenvalue weighted by Gasteiger charge is 2.40. The zero-order chi connectivity index (χ0) is 47.6. The van der Waals surface area contributed by atoms with E-state index < -0.39 is 47.2 Å². The quantitative estimate of drug-likeness (QED) is 0.140.